The Labute approximate surface area is 134 Å². The largest absolute Gasteiger partial charge is 0.379 e. The summed E-state index contributed by atoms with van der Waals surface area (Å²) in [6, 6.07) is 0.621. The van der Waals surface area contributed by atoms with Crippen LogP contribution in [0.25, 0.3) is 0 Å². The van der Waals surface area contributed by atoms with Crippen molar-refractivity contribution < 1.29 is 4.74 Å². The molecule has 1 saturated heterocycles. The molecule has 0 aromatic rings. The van der Waals surface area contributed by atoms with Gasteiger partial charge < -0.3 is 15.4 Å². The van der Waals surface area contributed by atoms with Crippen LogP contribution in [0.1, 0.15) is 39.5 Å². The van der Waals surface area contributed by atoms with Gasteiger partial charge in [-0.15, -0.1) is 0 Å². The van der Waals surface area contributed by atoms with Crippen molar-refractivity contribution in [2.45, 2.75) is 51.1 Å². The molecule has 5 heteroatoms. The van der Waals surface area contributed by atoms with Gasteiger partial charge in [0, 0.05) is 31.2 Å². The summed E-state index contributed by atoms with van der Waals surface area (Å²) in [6.07, 6.45) is 5.57. The molecule has 21 heavy (non-hydrogen) atoms. The van der Waals surface area contributed by atoms with E-state index in [0.717, 1.165) is 49.8 Å². The molecule has 0 radical (unpaired) electrons. The van der Waals surface area contributed by atoms with E-state index >= 15 is 0 Å². The van der Waals surface area contributed by atoms with Gasteiger partial charge in [0.15, 0.2) is 5.11 Å². The van der Waals surface area contributed by atoms with Crippen LogP contribution >= 0.6 is 12.2 Å². The molecule has 0 spiro atoms. The van der Waals surface area contributed by atoms with Crippen LogP contribution in [-0.4, -0.2) is 54.4 Å². The summed E-state index contributed by atoms with van der Waals surface area (Å²) < 4.78 is 5.44. The maximum absolute atomic E-state index is 5.51. The minimum Gasteiger partial charge on any atom is -0.379 e. The van der Waals surface area contributed by atoms with Gasteiger partial charge in [0.05, 0.1) is 13.2 Å². The summed E-state index contributed by atoms with van der Waals surface area (Å²) in [7, 11) is 0. The average Bonchev–Trinajstić information content (AvgIpc) is 3.09. The smallest absolute Gasteiger partial charge is 0.166 e. The molecule has 2 bridgehead atoms. The van der Waals surface area contributed by atoms with Crippen LogP contribution in [0, 0.1) is 11.8 Å². The molecule has 0 amide bonds. The second-order valence-corrected chi connectivity index (χ2v) is 7.93. The van der Waals surface area contributed by atoms with E-state index in [4.69, 9.17) is 17.0 Å². The summed E-state index contributed by atoms with van der Waals surface area (Å²) in [5, 5.41) is 7.85. The van der Waals surface area contributed by atoms with Gasteiger partial charge in [-0.3, -0.25) is 4.90 Å². The first-order valence-corrected chi connectivity index (χ1v) is 8.82. The fourth-order valence-corrected chi connectivity index (χ4v) is 4.44. The second-order valence-electron chi connectivity index (χ2n) is 7.52. The van der Waals surface area contributed by atoms with Crippen LogP contribution in [0.4, 0.5) is 0 Å². The molecule has 1 aliphatic heterocycles. The molecule has 3 rings (SSSR count). The summed E-state index contributed by atoms with van der Waals surface area (Å²) in [5.74, 6) is 1.82. The van der Waals surface area contributed by atoms with E-state index in [9.17, 15) is 0 Å². The highest BCUT2D eigenvalue weighted by molar-refractivity contribution is 7.80. The van der Waals surface area contributed by atoms with E-state index in [-0.39, 0.29) is 5.54 Å². The van der Waals surface area contributed by atoms with Gasteiger partial charge in [-0.05, 0) is 57.2 Å². The Morgan fingerprint density at radius 3 is 2.62 bits per heavy atom. The molecule has 4 nitrogen and oxygen atoms in total. The van der Waals surface area contributed by atoms with Crippen LogP contribution in [0.15, 0.2) is 0 Å². The Morgan fingerprint density at radius 2 is 2.00 bits per heavy atom. The molecule has 2 saturated carbocycles. The van der Waals surface area contributed by atoms with Gasteiger partial charge in [-0.25, -0.2) is 0 Å². The van der Waals surface area contributed by atoms with Crippen molar-refractivity contribution in [3.8, 4) is 0 Å². The van der Waals surface area contributed by atoms with E-state index < -0.39 is 0 Å². The zero-order chi connectivity index (χ0) is 14.9. The number of ether oxygens (including phenoxy) is 1. The van der Waals surface area contributed by atoms with E-state index in [1.165, 1.54) is 25.7 Å². The maximum atomic E-state index is 5.51. The maximum Gasteiger partial charge on any atom is 0.166 e. The number of rotatable bonds is 4. The lowest BCUT2D eigenvalue weighted by atomic mass is 9.95. The molecule has 0 aromatic heterocycles. The first-order chi connectivity index (χ1) is 10.0. The summed E-state index contributed by atoms with van der Waals surface area (Å²) >= 11 is 5.51. The lowest BCUT2D eigenvalue weighted by Gasteiger charge is -2.41. The fourth-order valence-electron chi connectivity index (χ4n) is 4.22. The predicted octanol–water partition coefficient (Wildman–Crippen LogP) is 1.75. The van der Waals surface area contributed by atoms with E-state index in [1.807, 2.05) is 0 Å². The molecule has 0 aromatic carbocycles. The number of hydrogen-bond acceptors (Lipinski definition) is 3. The number of fused-ring (bicyclic) bond motifs is 2. The van der Waals surface area contributed by atoms with Crippen molar-refractivity contribution in [3.05, 3.63) is 0 Å². The standard InChI is InChI=1S/C16H29N3OS/c1-16(2,19-5-7-20-8-6-19)11-17-15(21)18-14-10-12-3-4-13(14)9-12/h12-14H,3-11H2,1-2H3,(H2,17,18,21)/t12-,13-,14+/m0/s1. The third-order valence-electron chi connectivity index (χ3n) is 5.60. The molecular formula is C16H29N3OS. The third-order valence-corrected chi connectivity index (χ3v) is 5.87. The van der Waals surface area contributed by atoms with Crippen LogP contribution in [-0.2, 0) is 4.74 Å². The summed E-state index contributed by atoms with van der Waals surface area (Å²) in [5.41, 5.74) is 0.115. The van der Waals surface area contributed by atoms with Gasteiger partial charge in [0.25, 0.3) is 0 Å². The Balaban J connectivity index is 1.42. The van der Waals surface area contributed by atoms with Crippen molar-refractivity contribution in [1.82, 2.24) is 15.5 Å². The Bertz CT molecular complexity index is 382. The number of nitrogens with one attached hydrogen (secondary N) is 2. The first-order valence-electron chi connectivity index (χ1n) is 8.42. The highest BCUT2D eigenvalue weighted by Crippen LogP contribution is 2.44. The normalized spacial score (nSPS) is 33.1. The minimum atomic E-state index is 0.115. The van der Waals surface area contributed by atoms with E-state index in [0.29, 0.717) is 6.04 Å². The summed E-state index contributed by atoms with van der Waals surface area (Å²) in [4.78, 5) is 2.49. The monoisotopic (exact) mass is 311 g/mol. The fraction of sp³-hybridized carbons (Fsp3) is 0.938. The van der Waals surface area contributed by atoms with Gasteiger partial charge in [-0.1, -0.05) is 6.42 Å². The van der Waals surface area contributed by atoms with Crippen molar-refractivity contribution in [1.29, 1.82) is 0 Å². The zero-order valence-corrected chi connectivity index (χ0v) is 14.2. The van der Waals surface area contributed by atoms with Crippen LogP contribution in [0.3, 0.4) is 0 Å². The van der Waals surface area contributed by atoms with Crippen LogP contribution < -0.4 is 10.6 Å². The number of thiocarbonyl (C=S) groups is 1. The quantitative estimate of drug-likeness (QED) is 0.774. The highest BCUT2D eigenvalue weighted by atomic mass is 32.1. The Hall–Kier alpha value is -0.390. The minimum absolute atomic E-state index is 0.115. The number of nitrogens with zero attached hydrogens (tertiary/aromatic N) is 1. The molecule has 3 aliphatic rings. The van der Waals surface area contributed by atoms with Crippen LogP contribution in [0.5, 0.6) is 0 Å². The van der Waals surface area contributed by atoms with Gasteiger partial charge in [-0.2, -0.15) is 0 Å². The van der Waals surface area contributed by atoms with E-state index in [1.54, 1.807) is 0 Å². The van der Waals surface area contributed by atoms with Crippen molar-refractivity contribution in [3.63, 3.8) is 0 Å². The van der Waals surface area contributed by atoms with Crippen molar-refractivity contribution in [2.24, 2.45) is 11.8 Å². The Kier molecular flexibility index (Phi) is 4.71. The Morgan fingerprint density at radius 1 is 1.24 bits per heavy atom. The van der Waals surface area contributed by atoms with Gasteiger partial charge >= 0.3 is 0 Å². The summed E-state index contributed by atoms with van der Waals surface area (Å²) in [6.45, 7) is 9.17. The second kappa shape index (κ2) is 6.39. The lowest BCUT2D eigenvalue weighted by molar-refractivity contribution is -0.00830. The van der Waals surface area contributed by atoms with Gasteiger partial charge in [0.2, 0.25) is 0 Å². The molecule has 1 heterocycles. The van der Waals surface area contributed by atoms with Crippen molar-refractivity contribution in [2.75, 3.05) is 32.8 Å². The lowest BCUT2D eigenvalue weighted by Crippen LogP contribution is -2.57. The SMILES string of the molecule is CC(C)(CNC(=S)N[C@@H]1C[C@H]2CC[C@H]1C2)N1CCOCC1. The third kappa shape index (κ3) is 3.69. The van der Waals surface area contributed by atoms with Gasteiger partial charge in [0.1, 0.15) is 0 Å². The molecule has 0 unspecified atom stereocenters. The first kappa shape index (κ1) is 15.5. The number of hydrogen-bond donors (Lipinski definition) is 2. The van der Waals surface area contributed by atoms with E-state index in [2.05, 4.69) is 29.4 Å². The molecule has 2 aliphatic carbocycles. The average molecular weight is 311 g/mol. The van der Waals surface area contributed by atoms with Crippen LogP contribution in [0.2, 0.25) is 0 Å². The molecule has 3 atom stereocenters. The molecule has 120 valence electrons. The topological polar surface area (TPSA) is 36.5 Å². The molecular weight excluding hydrogens is 282 g/mol. The predicted molar refractivity (Wildman–Crippen MR) is 89.4 cm³/mol. The molecule has 2 N–H and O–H groups in total. The molecule has 3 fully saturated rings. The highest BCUT2D eigenvalue weighted by Gasteiger charge is 2.39. The zero-order valence-electron chi connectivity index (χ0n) is 13.4. The number of morpholine rings is 1. The van der Waals surface area contributed by atoms with Crippen molar-refractivity contribution >= 4 is 17.3 Å².